The maximum absolute atomic E-state index is 11.6. The molecule has 0 radical (unpaired) electrons. The first-order chi connectivity index (χ1) is 9.56. The number of aliphatic carboxylic acids is 1. The molecule has 3 N–H and O–H groups in total. The van der Waals surface area contributed by atoms with Gasteiger partial charge < -0.3 is 25.4 Å². The summed E-state index contributed by atoms with van der Waals surface area (Å²) >= 11 is 0. The number of ether oxygens (including phenoxy) is 1. The summed E-state index contributed by atoms with van der Waals surface area (Å²) < 4.78 is 5.00. The van der Waals surface area contributed by atoms with Crippen LogP contribution in [0.3, 0.4) is 0 Å². The molecule has 0 aromatic heterocycles. The number of carboxylic acid groups (broad SMARTS) is 1. The number of nitrogens with zero attached hydrogens (tertiary/aromatic N) is 1. The minimum Gasteiger partial charge on any atom is -0.595 e. The minimum absolute atomic E-state index is 0.293. The van der Waals surface area contributed by atoms with Gasteiger partial charge >= 0.3 is 5.97 Å². The normalized spacial score (nSPS) is 15.2. The van der Waals surface area contributed by atoms with Crippen molar-refractivity contribution in [1.29, 1.82) is 0 Å². The number of rotatable bonds is 7. The highest BCUT2D eigenvalue weighted by molar-refractivity contribution is 5.85. The van der Waals surface area contributed by atoms with Crippen LogP contribution in [0.4, 0.5) is 0 Å². The summed E-state index contributed by atoms with van der Waals surface area (Å²) in [6.45, 7) is 6.21. The molecule has 0 rings (SSSR count). The summed E-state index contributed by atoms with van der Waals surface area (Å²) in [7, 11) is 0. The Hall–Kier alpha value is -1.83. The molecule has 1 amide bonds. The Morgan fingerprint density at radius 1 is 1.38 bits per heavy atom. The average Bonchev–Trinajstić information content (AvgIpc) is 2.32. The Bertz CT molecular complexity index is 389. The van der Waals surface area contributed by atoms with E-state index in [1.165, 1.54) is 0 Å². The maximum Gasteiger partial charge on any atom is 0.322 e. The van der Waals surface area contributed by atoms with Crippen molar-refractivity contribution >= 4 is 18.0 Å². The van der Waals surface area contributed by atoms with Crippen LogP contribution in [-0.4, -0.2) is 52.5 Å². The quantitative estimate of drug-likeness (QED) is 0.419. The van der Waals surface area contributed by atoms with Crippen LogP contribution in [0.25, 0.3) is 0 Å². The second-order valence-corrected chi connectivity index (χ2v) is 5.52. The highest BCUT2D eigenvalue weighted by atomic mass is 16.6. The largest absolute Gasteiger partial charge is 0.595 e. The number of aliphatic imine (C=N–C) groups is 1. The molecule has 2 atom stereocenters. The van der Waals surface area contributed by atoms with Crippen molar-refractivity contribution in [2.24, 2.45) is 4.99 Å². The highest BCUT2D eigenvalue weighted by Crippen LogP contribution is 2.11. The van der Waals surface area contributed by atoms with E-state index in [2.05, 4.69) is 4.99 Å². The van der Waals surface area contributed by atoms with Gasteiger partial charge in [0.05, 0.1) is 6.04 Å². The fourth-order valence-corrected chi connectivity index (χ4v) is 1.45. The molecular weight excluding hydrogens is 280 g/mol. The molecule has 0 saturated heterocycles. The average molecular weight is 303 g/mol. The van der Waals surface area contributed by atoms with Crippen molar-refractivity contribution in [3.05, 3.63) is 0 Å². The summed E-state index contributed by atoms with van der Waals surface area (Å²) in [5.41, 5.74) is -0.728. The molecule has 8 heteroatoms. The second-order valence-electron chi connectivity index (χ2n) is 5.52. The molecule has 0 saturated carbocycles. The van der Waals surface area contributed by atoms with Crippen molar-refractivity contribution in [3.8, 4) is 0 Å². The van der Waals surface area contributed by atoms with E-state index in [4.69, 9.17) is 9.84 Å². The number of hydrogen-bond donors (Lipinski definition) is 3. The van der Waals surface area contributed by atoms with Crippen molar-refractivity contribution in [3.63, 3.8) is 0 Å². The van der Waals surface area contributed by atoms with Gasteiger partial charge in [-0.25, -0.2) is 0 Å². The van der Waals surface area contributed by atoms with E-state index < -0.39 is 42.3 Å². The van der Waals surface area contributed by atoms with Crippen molar-refractivity contribution < 1.29 is 29.6 Å². The molecule has 2 unspecified atom stereocenters. The van der Waals surface area contributed by atoms with E-state index >= 15 is 0 Å². The van der Waals surface area contributed by atoms with Crippen LogP contribution in [-0.2, 0) is 14.3 Å². The van der Waals surface area contributed by atoms with E-state index in [9.17, 15) is 19.8 Å². The number of carbonyl (C=O) groups excluding carboxylic acids is 1. The molecule has 0 aliphatic heterocycles. The number of carboxylic acids is 1. The van der Waals surface area contributed by atoms with Crippen LogP contribution >= 0.6 is 0 Å². The SMILES string of the molecule is CCCC(N=C([O-])OC(C)(C)C)C(O)C(=O)NCC(=O)O. The molecular formula is C13H23N2O6-. The minimum atomic E-state index is -1.60. The first kappa shape index (κ1) is 19.2. The smallest absolute Gasteiger partial charge is 0.322 e. The van der Waals surface area contributed by atoms with Gasteiger partial charge in [0, 0.05) is 5.60 Å². The summed E-state index contributed by atoms with van der Waals surface area (Å²) in [5.74, 6) is -2.12. The fraction of sp³-hybridized carbons (Fsp3) is 0.769. The number of aliphatic hydroxyl groups excluding tert-OH is 1. The maximum atomic E-state index is 11.6. The number of nitrogens with one attached hydrogen (secondary N) is 1. The zero-order valence-electron chi connectivity index (χ0n) is 12.8. The number of hydrogen-bond acceptors (Lipinski definition) is 6. The summed E-state index contributed by atoms with van der Waals surface area (Å²) in [4.78, 5) is 25.6. The van der Waals surface area contributed by atoms with Gasteiger partial charge in [-0.15, -0.1) is 0 Å². The monoisotopic (exact) mass is 303 g/mol. The Balaban J connectivity index is 4.83. The lowest BCUT2D eigenvalue weighted by Gasteiger charge is -2.30. The molecule has 8 nitrogen and oxygen atoms in total. The van der Waals surface area contributed by atoms with Crippen molar-refractivity contribution in [1.82, 2.24) is 5.32 Å². The Labute approximate surface area is 123 Å². The third-order valence-electron chi connectivity index (χ3n) is 2.30. The van der Waals surface area contributed by atoms with Crippen molar-refractivity contribution in [2.45, 2.75) is 58.3 Å². The molecule has 0 bridgehead atoms. The number of amides is 1. The van der Waals surface area contributed by atoms with Gasteiger partial charge in [0.15, 0.2) is 6.10 Å². The summed E-state index contributed by atoms with van der Waals surface area (Å²) in [6.07, 6.45) is -1.59. The molecule has 0 aliphatic rings. The lowest BCUT2D eigenvalue weighted by atomic mass is 10.1. The predicted octanol–water partition coefficient (Wildman–Crippen LogP) is -0.752. The van der Waals surface area contributed by atoms with Gasteiger partial charge in [0.2, 0.25) is 0 Å². The van der Waals surface area contributed by atoms with E-state index in [0.717, 1.165) is 0 Å². The molecule has 122 valence electrons. The molecule has 0 spiro atoms. The van der Waals surface area contributed by atoms with Crippen LogP contribution in [0.1, 0.15) is 40.5 Å². The van der Waals surface area contributed by atoms with E-state index in [1.807, 2.05) is 5.32 Å². The van der Waals surface area contributed by atoms with Crippen molar-refractivity contribution in [2.75, 3.05) is 6.54 Å². The topological polar surface area (TPSA) is 131 Å². The van der Waals surface area contributed by atoms with Crippen LogP contribution in [0.15, 0.2) is 4.99 Å². The molecule has 0 aromatic carbocycles. The van der Waals surface area contributed by atoms with Crippen LogP contribution in [0.2, 0.25) is 0 Å². The van der Waals surface area contributed by atoms with Gasteiger partial charge in [0.1, 0.15) is 12.6 Å². The first-order valence-electron chi connectivity index (χ1n) is 6.68. The molecule has 0 aromatic rings. The zero-order chi connectivity index (χ0) is 16.6. The van der Waals surface area contributed by atoms with Gasteiger partial charge in [-0.3, -0.25) is 14.6 Å². The molecule has 0 aliphatic carbocycles. The third kappa shape index (κ3) is 8.85. The van der Waals surface area contributed by atoms with Crippen LogP contribution < -0.4 is 10.4 Å². The number of aliphatic hydroxyl groups is 1. The van der Waals surface area contributed by atoms with Crippen LogP contribution in [0, 0.1) is 0 Å². The van der Waals surface area contributed by atoms with E-state index in [1.54, 1.807) is 27.7 Å². The Kier molecular flexibility index (Phi) is 7.72. The standard InChI is InChI=1S/C13H24N2O6/c1-5-6-8(15-12(20)21-13(2,3)4)10(18)11(19)14-7-9(16)17/h8,10,18H,5-7H2,1-4H3,(H,14,19)(H,15,20)(H,16,17)/p-1. The Morgan fingerprint density at radius 2 is 1.95 bits per heavy atom. The fourth-order valence-electron chi connectivity index (χ4n) is 1.45. The zero-order valence-corrected chi connectivity index (χ0v) is 12.8. The molecule has 21 heavy (non-hydrogen) atoms. The number of carbonyl (C=O) groups is 2. The highest BCUT2D eigenvalue weighted by Gasteiger charge is 2.25. The second kappa shape index (κ2) is 8.46. The molecule has 0 fully saturated rings. The van der Waals surface area contributed by atoms with Gasteiger partial charge in [0.25, 0.3) is 5.91 Å². The lowest BCUT2D eigenvalue weighted by molar-refractivity contribution is -0.261. The first-order valence-corrected chi connectivity index (χ1v) is 6.68. The lowest BCUT2D eigenvalue weighted by Crippen LogP contribution is -2.44. The molecule has 0 heterocycles. The third-order valence-corrected chi connectivity index (χ3v) is 2.30. The predicted molar refractivity (Wildman–Crippen MR) is 73.6 cm³/mol. The van der Waals surface area contributed by atoms with Gasteiger partial charge in [-0.05, 0) is 6.42 Å². The van der Waals surface area contributed by atoms with Gasteiger partial charge in [-0.1, -0.05) is 34.1 Å². The Morgan fingerprint density at radius 3 is 2.38 bits per heavy atom. The summed E-state index contributed by atoms with van der Waals surface area (Å²) in [6, 6.07) is -0.973. The van der Waals surface area contributed by atoms with Gasteiger partial charge in [-0.2, -0.15) is 0 Å². The van der Waals surface area contributed by atoms with Crippen LogP contribution in [0.5, 0.6) is 0 Å². The van der Waals surface area contributed by atoms with E-state index in [-0.39, 0.29) is 0 Å². The van der Waals surface area contributed by atoms with E-state index in [0.29, 0.717) is 12.8 Å². The summed E-state index contributed by atoms with van der Waals surface area (Å²) in [5, 5.41) is 32.0.